The summed E-state index contributed by atoms with van der Waals surface area (Å²) in [6.07, 6.45) is 0.284. The molecule has 102 valence electrons. The van der Waals surface area contributed by atoms with E-state index in [1.54, 1.807) is 19.1 Å². The van der Waals surface area contributed by atoms with Gasteiger partial charge in [0.15, 0.2) is 6.10 Å². The van der Waals surface area contributed by atoms with Gasteiger partial charge in [-0.25, -0.2) is 9.59 Å². The maximum Gasteiger partial charge on any atom is 0.340 e. The highest BCUT2D eigenvalue weighted by molar-refractivity contribution is 5.98. The van der Waals surface area contributed by atoms with Gasteiger partial charge < -0.3 is 10.1 Å². The number of hydrogen-bond acceptors (Lipinski definition) is 5. The summed E-state index contributed by atoms with van der Waals surface area (Å²) in [5, 5.41) is 4.23. The number of ether oxygens (including phenoxy) is 1. The zero-order chi connectivity index (χ0) is 14.4. The Morgan fingerprint density at radius 2 is 2.00 bits per heavy atom. The van der Waals surface area contributed by atoms with Crippen LogP contribution in [-0.4, -0.2) is 36.0 Å². The zero-order valence-corrected chi connectivity index (χ0v) is 10.9. The van der Waals surface area contributed by atoms with Gasteiger partial charge in [-0.2, -0.15) is 0 Å². The Morgan fingerprint density at radius 3 is 2.53 bits per heavy atom. The largest absolute Gasteiger partial charge is 0.449 e. The molecule has 1 atom stereocenters. The maximum atomic E-state index is 11.7. The van der Waals surface area contributed by atoms with Crippen molar-refractivity contribution >= 4 is 17.9 Å². The summed E-state index contributed by atoms with van der Waals surface area (Å²) in [6.45, 7) is 3.16. The van der Waals surface area contributed by atoms with Gasteiger partial charge >= 0.3 is 12.0 Å². The standard InChI is InChI=1S/C12H15N3O4/c1-7-4-5-9(6-14-7)11(17)19-8(2)10(16)15-12(18)13-3/h4-6,8H,1-3H3,(H2,13,15,16,18). The van der Waals surface area contributed by atoms with Crippen molar-refractivity contribution in [1.29, 1.82) is 0 Å². The van der Waals surface area contributed by atoms with E-state index in [1.165, 1.54) is 20.2 Å². The fraction of sp³-hybridized carbons (Fsp3) is 0.333. The van der Waals surface area contributed by atoms with E-state index < -0.39 is 24.0 Å². The summed E-state index contributed by atoms with van der Waals surface area (Å²) < 4.78 is 4.91. The molecule has 0 aliphatic heterocycles. The molecule has 1 aromatic rings. The highest BCUT2D eigenvalue weighted by Crippen LogP contribution is 2.04. The van der Waals surface area contributed by atoms with Gasteiger partial charge in [-0.05, 0) is 26.0 Å². The van der Waals surface area contributed by atoms with E-state index in [-0.39, 0.29) is 5.56 Å². The van der Waals surface area contributed by atoms with Gasteiger partial charge in [0.1, 0.15) is 0 Å². The molecule has 1 heterocycles. The Balaban J connectivity index is 2.59. The molecule has 1 aromatic heterocycles. The van der Waals surface area contributed by atoms with Crippen LogP contribution in [-0.2, 0) is 9.53 Å². The molecule has 0 aliphatic carbocycles. The molecule has 7 heteroatoms. The molecule has 0 fully saturated rings. The van der Waals surface area contributed by atoms with Crippen LogP contribution in [0.15, 0.2) is 18.3 Å². The fourth-order valence-corrected chi connectivity index (χ4v) is 1.15. The van der Waals surface area contributed by atoms with Crippen LogP contribution < -0.4 is 10.6 Å². The van der Waals surface area contributed by atoms with Crippen molar-refractivity contribution in [3.8, 4) is 0 Å². The number of amides is 3. The third-order valence-corrected chi connectivity index (χ3v) is 2.26. The van der Waals surface area contributed by atoms with Gasteiger partial charge in [0.05, 0.1) is 5.56 Å². The fourth-order valence-electron chi connectivity index (χ4n) is 1.15. The quantitative estimate of drug-likeness (QED) is 0.770. The van der Waals surface area contributed by atoms with Crippen molar-refractivity contribution in [2.75, 3.05) is 7.05 Å². The third kappa shape index (κ3) is 4.38. The first-order chi connectivity index (χ1) is 8.93. The van der Waals surface area contributed by atoms with Crippen molar-refractivity contribution in [1.82, 2.24) is 15.6 Å². The minimum absolute atomic E-state index is 0.241. The Labute approximate surface area is 110 Å². The van der Waals surface area contributed by atoms with Crippen molar-refractivity contribution < 1.29 is 19.1 Å². The van der Waals surface area contributed by atoms with Gasteiger partial charge in [-0.1, -0.05) is 0 Å². The highest BCUT2D eigenvalue weighted by atomic mass is 16.5. The van der Waals surface area contributed by atoms with Crippen LogP contribution in [0.2, 0.25) is 0 Å². The van der Waals surface area contributed by atoms with Gasteiger partial charge in [0.2, 0.25) is 0 Å². The first kappa shape index (κ1) is 14.6. The van der Waals surface area contributed by atoms with E-state index in [0.717, 1.165) is 5.69 Å². The van der Waals surface area contributed by atoms with E-state index in [4.69, 9.17) is 4.74 Å². The topological polar surface area (TPSA) is 97.4 Å². The molecular weight excluding hydrogens is 250 g/mol. The van der Waals surface area contributed by atoms with Crippen LogP contribution in [0, 0.1) is 6.92 Å². The van der Waals surface area contributed by atoms with Crippen molar-refractivity contribution in [2.24, 2.45) is 0 Å². The van der Waals surface area contributed by atoms with Crippen LogP contribution in [0.1, 0.15) is 23.0 Å². The number of urea groups is 1. The SMILES string of the molecule is CNC(=O)NC(=O)C(C)OC(=O)c1ccc(C)nc1. The second-order valence-corrected chi connectivity index (χ2v) is 3.80. The number of hydrogen-bond donors (Lipinski definition) is 2. The molecule has 19 heavy (non-hydrogen) atoms. The van der Waals surface area contributed by atoms with Crippen molar-refractivity contribution in [3.05, 3.63) is 29.6 Å². The number of imide groups is 1. The molecule has 0 aromatic carbocycles. The Morgan fingerprint density at radius 1 is 1.32 bits per heavy atom. The van der Waals surface area contributed by atoms with E-state index in [0.29, 0.717) is 0 Å². The number of carbonyl (C=O) groups is 3. The second kappa shape index (κ2) is 6.48. The summed E-state index contributed by atoms with van der Waals surface area (Å²) >= 11 is 0. The number of aryl methyl sites for hydroxylation is 1. The number of nitrogens with one attached hydrogen (secondary N) is 2. The number of nitrogens with zero attached hydrogens (tertiary/aromatic N) is 1. The average molecular weight is 265 g/mol. The molecule has 0 radical (unpaired) electrons. The van der Waals surface area contributed by atoms with Crippen LogP contribution >= 0.6 is 0 Å². The molecule has 0 aliphatic rings. The molecule has 0 saturated carbocycles. The van der Waals surface area contributed by atoms with Gasteiger partial charge in [-0.15, -0.1) is 0 Å². The Hall–Kier alpha value is -2.44. The summed E-state index contributed by atoms with van der Waals surface area (Å²) in [5.74, 6) is -1.38. The number of rotatable bonds is 3. The third-order valence-electron chi connectivity index (χ3n) is 2.26. The number of carbonyl (C=O) groups excluding carboxylic acids is 3. The molecule has 3 amide bonds. The minimum atomic E-state index is -1.08. The lowest BCUT2D eigenvalue weighted by Gasteiger charge is -2.12. The van der Waals surface area contributed by atoms with Crippen molar-refractivity contribution in [3.63, 3.8) is 0 Å². The average Bonchev–Trinajstić information content (AvgIpc) is 2.38. The van der Waals surface area contributed by atoms with Gasteiger partial charge in [0, 0.05) is 18.9 Å². The lowest BCUT2D eigenvalue weighted by molar-refractivity contribution is -0.127. The van der Waals surface area contributed by atoms with Crippen LogP contribution in [0.3, 0.4) is 0 Å². The summed E-state index contributed by atoms with van der Waals surface area (Å²) in [4.78, 5) is 38.0. The summed E-state index contributed by atoms with van der Waals surface area (Å²) in [7, 11) is 1.37. The normalized spacial score (nSPS) is 11.3. The van der Waals surface area contributed by atoms with Crippen LogP contribution in [0.4, 0.5) is 4.79 Å². The van der Waals surface area contributed by atoms with Crippen LogP contribution in [0.25, 0.3) is 0 Å². The molecule has 0 saturated heterocycles. The molecule has 0 bridgehead atoms. The molecule has 7 nitrogen and oxygen atoms in total. The van der Waals surface area contributed by atoms with E-state index >= 15 is 0 Å². The minimum Gasteiger partial charge on any atom is -0.449 e. The Bertz CT molecular complexity index is 484. The summed E-state index contributed by atoms with van der Waals surface area (Å²) in [6, 6.07) is 2.55. The van der Waals surface area contributed by atoms with Crippen molar-refractivity contribution in [2.45, 2.75) is 20.0 Å². The molecule has 2 N–H and O–H groups in total. The summed E-state index contributed by atoms with van der Waals surface area (Å²) in [5.41, 5.74) is 1.01. The van der Waals surface area contributed by atoms with E-state index in [9.17, 15) is 14.4 Å². The zero-order valence-electron chi connectivity index (χ0n) is 10.9. The highest BCUT2D eigenvalue weighted by Gasteiger charge is 2.20. The molecular formula is C12H15N3O4. The van der Waals surface area contributed by atoms with Gasteiger partial charge in [-0.3, -0.25) is 15.1 Å². The van der Waals surface area contributed by atoms with E-state index in [2.05, 4.69) is 10.3 Å². The molecule has 1 unspecified atom stereocenters. The molecule has 0 spiro atoms. The smallest absolute Gasteiger partial charge is 0.340 e. The number of aromatic nitrogens is 1. The lowest BCUT2D eigenvalue weighted by Crippen LogP contribution is -2.43. The molecule has 1 rings (SSSR count). The Kier molecular flexibility index (Phi) is 4.99. The van der Waals surface area contributed by atoms with E-state index in [1.807, 2.05) is 5.32 Å². The number of pyridine rings is 1. The van der Waals surface area contributed by atoms with Crippen LogP contribution in [0.5, 0.6) is 0 Å². The second-order valence-electron chi connectivity index (χ2n) is 3.80. The maximum absolute atomic E-state index is 11.7. The first-order valence-electron chi connectivity index (χ1n) is 5.60. The first-order valence-corrected chi connectivity index (χ1v) is 5.60. The predicted molar refractivity (Wildman–Crippen MR) is 66.4 cm³/mol. The lowest BCUT2D eigenvalue weighted by atomic mass is 10.2. The number of esters is 1. The monoisotopic (exact) mass is 265 g/mol. The predicted octanol–water partition coefficient (Wildman–Crippen LogP) is 0.391. The van der Waals surface area contributed by atoms with Gasteiger partial charge in [0.25, 0.3) is 5.91 Å².